The lowest BCUT2D eigenvalue weighted by molar-refractivity contribution is -0.122. The average molecular weight is 311 g/mol. The Morgan fingerprint density at radius 1 is 1.09 bits per heavy atom. The molecule has 1 aliphatic heterocycles. The number of fused-ring (bicyclic) bond motifs is 1. The predicted molar refractivity (Wildman–Crippen MR) is 89.0 cm³/mol. The number of urea groups is 1. The summed E-state index contributed by atoms with van der Waals surface area (Å²) in [6.07, 6.45) is -0.522. The van der Waals surface area contributed by atoms with Crippen LogP contribution in [0.15, 0.2) is 42.5 Å². The van der Waals surface area contributed by atoms with E-state index in [1.165, 1.54) is 0 Å². The molecule has 1 aliphatic rings. The molecule has 6 heteroatoms. The van der Waals surface area contributed by atoms with E-state index in [1.54, 1.807) is 25.1 Å². The highest BCUT2D eigenvalue weighted by molar-refractivity contribution is 6.02. The van der Waals surface area contributed by atoms with Gasteiger partial charge in [-0.25, -0.2) is 4.79 Å². The van der Waals surface area contributed by atoms with E-state index in [9.17, 15) is 9.59 Å². The van der Waals surface area contributed by atoms with Crippen LogP contribution in [0.25, 0.3) is 0 Å². The minimum Gasteiger partial charge on any atom is -0.479 e. The molecule has 6 nitrogen and oxygen atoms in total. The van der Waals surface area contributed by atoms with E-state index >= 15 is 0 Å². The molecule has 0 saturated carbocycles. The summed E-state index contributed by atoms with van der Waals surface area (Å²) < 4.78 is 5.47. The lowest BCUT2D eigenvalue weighted by Gasteiger charge is -2.23. The highest BCUT2D eigenvalue weighted by atomic mass is 16.5. The van der Waals surface area contributed by atoms with Crippen LogP contribution in [0.1, 0.15) is 12.5 Å². The maximum absolute atomic E-state index is 12.0. The molecule has 1 unspecified atom stereocenters. The summed E-state index contributed by atoms with van der Waals surface area (Å²) in [7, 11) is 0. The van der Waals surface area contributed by atoms with Crippen molar-refractivity contribution in [2.45, 2.75) is 20.0 Å². The van der Waals surface area contributed by atoms with Gasteiger partial charge in [-0.05, 0) is 44.2 Å². The van der Waals surface area contributed by atoms with Crippen LogP contribution >= 0.6 is 0 Å². The Kier molecular flexibility index (Phi) is 3.89. The van der Waals surface area contributed by atoms with Crippen molar-refractivity contribution in [3.8, 4) is 5.75 Å². The fourth-order valence-corrected chi connectivity index (χ4v) is 2.22. The summed E-state index contributed by atoms with van der Waals surface area (Å²) in [5, 5.41) is 8.21. The molecule has 0 aliphatic carbocycles. The first-order chi connectivity index (χ1) is 11.0. The molecular formula is C17H17N3O3. The van der Waals surface area contributed by atoms with Crippen molar-refractivity contribution in [1.29, 1.82) is 0 Å². The maximum Gasteiger partial charge on any atom is 0.323 e. The number of hydrogen-bond donors (Lipinski definition) is 3. The summed E-state index contributed by atoms with van der Waals surface area (Å²) in [5.41, 5.74) is 2.93. The van der Waals surface area contributed by atoms with Crippen molar-refractivity contribution < 1.29 is 14.3 Å². The zero-order chi connectivity index (χ0) is 16.4. The Hall–Kier alpha value is -3.02. The number of benzene rings is 2. The number of carbonyl (C=O) groups is 2. The number of ether oxygens (including phenoxy) is 1. The Morgan fingerprint density at radius 3 is 2.48 bits per heavy atom. The molecule has 2 aromatic rings. The van der Waals surface area contributed by atoms with E-state index in [1.807, 2.05) is 31.2 Å². The van der Waals surface area contributed by atoms with Crippen molar-refractivity contribution in [2.75, 3.05) is 16.0 Å². The van der Waals surface area contributed by atoms with Gasteiger partial charge >= 0.3 is 6.03 Å². The number of rotatable bonds is 2. The van der Waals surface area contributed by atoms with E-state index in [-0.39, 0.29) is 11.9 Å². The fourth-order valence-electron chi connectivity index (χ4n) is 2.22. The molecule has 0 radical (unpaired) electrons. The van der Waals surface area contributed by atoms with Gasteiger partial charge in [-0.1, -0.05) is 17.7 Å². The van der Waals surface area contributed by atoms with Crippen molar-refractivity contribution >= 4 is 29.0 Å². The predicted octanol–water partition coefficient (Wildman–Crippen LogP) is 3.36. The van der Waals surface area contributed by atoms with Crippen LogP contribution in [0.5, 0.6) is 5.75 Å². The van der Waals surface area contributed by atoms with Gasteiger partial charge in [0, 0.05) is 11.4 Å². The lowest BCUT2D eigenvalue weighted by Crippen LogP contribution is -2.34. The van der Waals surface area contributed by atoms with Gasteiger partial charge in [-0.15, -0.1) is 0 Å². The molecular weight excluding hydrogens is 294 g/mol. The molecule has 1 heterocycles. The first-order valence-corrected chi connectivity index (χ1v) is 7.27. The highest BCUT2D eigenvalue weighted by Gasteiger charge is 2.23. The molecule has 0 saturated heterocycles. The first kappa shape index (κ1) is 14.9. The van der Waals surface area contributed by atoms with E-state index in [0.29, 0.717) is 22.8 Å². The first-order valence-electron chi connectivity index (χ1n) is 7.27. The fraction of sp³-hybridized carbons (Fsp3) is 0.176. The van der Waals surface area contributed by atoms with Gasteiger partial charge < -0.3 is 20.7 Å². The second kappa shape index (κ2) is 6.00. The van der Waals surface area contributed by atoms with Crippen LogP contribution in [0.3, 0.4) is 0 Å². The van der Waals surface area contributed by atoms with Gasteiger partial charge in [0.1, 0.15) is 5.75 Å². The Morgan fingerprint density at radius 2 is 1.74 bits per heavy atom. The number of amides is 3. The molecule has 0 bridgehead atoms. The zero-order valence-electron chi connectivity index (χ0n) is 12.8. The topological polar surface area (TPSA) is 79.5 Å². The maximum atomic E-state index is 12.0. The van der Waals surface area contributed by atoms with Gasteiger partial charge in [0.15, 0.2) is 6.10 Å². The molecule has 23 heavy (non-hydrogen) atoms. The van der Waals surface area contributed by atoms with Crippen LogP contribution in [0.4, 0.5) is 21.9 Å². The van der Waals surface area contributed by atoms with Gasteiger partial charge in [-0.3, -0.25) is 4.79 Å². The minimum absolute atomic E-state index is 0.209. The van der Waals surface area contributed by atoms with Gasteiger partial charge in [0.2, 0.25) is 0 Å². The molecule has 3 rings (SSSR count). The third kappa shape index (κ3) is 3.42. The van der Waals surface area contributed by atoms with E-state index in [0.717, 1.165) is 5.56 Å². The molecule has 0 aromatic heterocycles. The monoisotopic (exact) mass is 311 g/mol. The van der Waals surface area contributed by atoms with Gasteiger partial charge in [0.25, 0.3) is 5.91 Å². The largest absolute Gasteiger partial charge is 0.479 e. The molecule has 2 aromatic carbocycles. The van der Waals surface area contributed by atoms with Crippen LogP contribution in [0, 0.1) is 6.92 Å². The van der Waals surface area contributed by atoms with E-state index < -0.39 is 6.10 Å². The summed E-state index contributed by atoms with van der Waals surface area (Å²) in [4.78, 5) is 23.6. The lowest BCUT2D eigenvalue weighted by atomic mass is 10.2. The number of carbonyl (C=O) groups excluding carboxylic acids is 2. The molecule has 0 spiro atoms. The zero-order valence-corrected chi connectivity index (χ0v) is 12.8. The van der Waals surface area contributed by atoms with Crippen LogP contribution in [-0.4, -0.2) is 18.0 Å². The Balaban J connectivity index is 1.68. The quantitative estimate of drug-likeness (QED) is 0.795. The standard InChI is InChI=1S/C17H17N3O3/c1-10-3-5-12(6-4-10)18-17(22)19-13-7-8-15-14(9-13)20-16(21)11(2)23-15/h3-9,11H,1-2H3,(H,20,21)(H2,18,19,22). The van der Waals surface area contributed by atoms with Crippen molar-refractivity contribution in [2.24, 2.45) is 0 Å². The summed E-state index contributed by atoms with van der Waals surface area (Å²) in [6, 6.07) is 12.2. The van der Waals surface area contributed by atoms with E-state index in [2.05, 4.69) is 16.0 Å². The minimum atomic E-state index is -0.522. The number of anilines is 3. The second-order valence-corrected chi connectivity index (χ2v) is 5.41. The smallest absolute Gasteiger partial charge is 0.323 e. The molecule has 3 amide bonds. The SMILES string of the molecule is Cc1ccc(NC(=O)Nc2ccc3c(c2)NC(=O)C(C)O3)cc1. The Labute approximate surface area is 133 Å². The normalized spacial score (nSPS) is 15.9. The number of aryl methyl sites for hydroxylation is 1. The Bertz CT molecular complexity index is 756. The van der Waals surface area contributed by atoms with Crippen molar-refractivity contribution in [3.63, 3.8) is 0 Å². The molecule has 118 valence electrons. The highest BCUT2D eigenvalue weighted by Crippen LogP contribution is 2.32. The summed E-state index contributed by atoms with van der Waals surface area (Å²) in [6.45, 7) is 3.66. The summed E-state index contributed by atoms with van der Waals surface area (Å²) in [5.74, 6) is 0.375. The number of nitrogens with one attached hydrogen (secondary N) is 3. The second-order valence-electron chi connectivity index (χ2n) is 5.41. The van der Waals surface area contributed by atoms with Crippen LogP contribution in [-0.2, 0) is 4.79 Å². The average Bonchev–Trinajstić information content (AvgIpc) is 2.51. The molecule has 3 N–H and O–H groups in total. The van der Waals surface area contributed by atoms with Gasteiger partial charge in [0.05, 0.1) is 5.69 Å². The molecule has 0 fully saturated rings. The molecule has 1 atom stereocenters. The van der Waals surface area contributed by atoms with Crippen LogP contribution < -0.4 is 20.7 Å². The third-order valence-electron chi connectivity index (χ3n) is 3.48. The summed E-state index contributed by atoms with van der Waals surface area (Å²) >= 11 is 0. The van der Waals surface area contributed by atoms with E-state index in [4.69, 9.17) is 4.74 Å². The third-order valence-corrected chi connectivity index (χ3v) is 3.48. The van der Waals surface area contributed by atoms with Crippen molar-refractivity contribution in [1.82, 2.24) is 0 Å². The van der Waals surface area contributed by atoms with Crippen molar-refractivity contribution in [3.05, 3.63) is 48.0 Å². The number of hydrogen-bond acceptors (Lipinski definition) is 3. The van der Waals surface area contributed by atoms with Gasteiger partial charge in [-0.2, -0.15) is 0 Å². The van der Waals surface area contributed by atoms with Crippen LogP contribution in [0.2, 0.25) is 0 Å².